The predicted octanol–water partition coefficient (Wildman–Crippen LogP) is 3.87. The summed E-state index contributed by atoms with van der Waals surface area (Å²) in [5.41, 5.74) is 1.89. The van der Waals surface area contributed by atoms with Crippen molar-refractivity contribution in [3.63, 3.8) is 0 Å². The summed E-state index contributed by atoms with van der Waals surface area (Å²) < 4.78 is 26.7. The van der Waals surface area contributed by atoms with Crippen LogP contribution in [0.4, 0.5) is 8.78 Å². The quantitative estimate of drug-likeness (QED) is 0.783. The number of benzene rings is 2. The van der Waals surface area contributed by atoms with Crippen LogP contribution in [0.3, 0.4) is 0 Å². The number of piperidine rings is 1. The number of hydrogen-bond donors (Lipinski definition) is 1. The molecule has 5 heteroatoms. The molecule has 2 aromatic rings. The Morgan fingerprint density at radius 3 is 2.63 bits per heavy atom. The Bertz CT molecular complexity index is 794. The van der Waals surface area contributed by atoms with E-state index in [1.165, 1.54) is 11.6 Å². The van der Waals surface area contributed by atoms with E-state index in [0.29, 0.717) is 25.2 Å². The maximum absolute atomic E-state index is 13.6. The molecule has 1 aliphatic rings. The highest BCUT2D eigenvalue weighted by Gasteiger charge is 2.32. The van der Waals surface area contributed by atoms with E-state index < -0.39 is 11.6 Å². The van der Waals surface area contributed by atoms with Crippen LogP contribution in [0.2, 0.25) is 0 Å². The Labute approximate surface area is 158 Å². The number of halogens is 2. The first-order chi connectivity index (χ1) is 13.1. The van der Waals surface area contributed by atoms with Gasteiger partial charge in [-0.1, -0.05) is 42.5 Å². The van der Waals surface area contributed by atoms with E-state index in [2.05, 4.69) is 28.9 Å². The van der Waals surface area contributed by atoms with Crippen molar-refractivity contribution in [1.82, 2.24) is 10.2 Å². The third-order valence-corrected chi connectivity index (χ3v) is 4.98. The molecule has 0 saturated carbocycles. The number of rotatable bonds is 6. The molecular weight excluding hydrogens is 346 g/mol. The van der Waals surface area contributed by atoms with Gasteiger partial charge in [0.05, 0.1) is 5.92 Å². The molecule has 0 bridgehead atoms. The van der Waals surface area contributed by atoms with Crippen LogP contribution in [0.25, 0.3) is 0 Å². The largest absolute Gasteiger partial charge is 0.352 e. The van der Waals surface area contributed by atoms with Crippen LogP contribution in [0, 0.1) is 17.6 Å². The maximum atomic E-state index is 13.6. The minimum absolute atomic E-state index is 0.00539. The molecule has 3 nitrogen and oxygen atoms in total. The van der Waals surface area contributed by atoms with Gasteiger partial charge in [-0.15, -0.1) is 6.58 Å². The van der Waals surface area contributed by atoms with Crippen molar-refractivity contribution >= 4 is 5.91 Å². The molecule has 1 aliphatic heterocycles. The number of carbonyl (C=O) groups excluding carboxylic acids is 1. The molecular formula is C22H24F2N2O. The molecule has 1 heterocycles. The topological polar surface area (TPSA) is 32.3 Å². The van der Waals surface area contributed by atoms with Gasteiger partial charge in [-0.05, 0) is 35.6 Å². The van der Waals surface area contributed by atoms with Crippen LogP contribution in [0.5, 0.6) is 0 Å². The fraction of sp³-hybridized carbons (Fsp3) is 0.318. The Balaban J connectivity index is 1.77. The van der Waals surface area contributed by atoms with E-state index >= 15 is 0 Å². The van der Waals surface area contributed by atoms with Crippen LogP contribution in [-0.2, 0) is 11.3 Å². The van der Waals surface area contributed by atoms with Gasteiger partial charge in [0.1, 0.15) is 0 Å². The molecule has 0 spiro atoms. The number of carbonyl (C=O) groups is 1. The first-order valence-electron chi connectivity index (χ1n) is 9.16. The fourth-order valence-electron chi connectivity index (χ4n) is 3.69. The van der Waals surface area contributed by atoms with Gasteiger partial charge >= 0.3 is 0 Å². The lowest BCUT2D eigenvalue weighted by Crippen LogP contribution is -2.45. The molecule has 2 aromatic carbocycles. The number of hydrogen-bond acceptors (Lipinski definition) is 2. The normalized spacial score (nSPS) is 20.2. The summed E-state index contributed by atoms with van der Waals surface area (Å²) in [4.78, 5) is 14.7. The Morgan fingerprint density at radius 2 is 1.93 bits per heavy atom. The molecule has 1 amide bonds. The molecule has 142 valence electrons. The van der Waals surface area contributed by atoms with Gasteiger partial charge in [0.25, 0.3) is 0 Å². The van der Waals surface area contributed by atoms with Gasteiger partial charge in [-0.25, -0.2) is 8.78 Å². The van der Waals surface area contributed by atoms with Crippen LogP contribution in [0.1, 0.15) is 23.5 Å². The summed E-state index contributed by atoms with van der Waals surface area (Å²) in [5.74, 6) is -1.63. The second kappa shape index (κ2) is 8.91. The van der Waals surface area contributed by atoms with Crippen LogP contribution in [-0.4, -0.2) is 30.4 Å². The molecule has 0 radical (unpaired) electrons. The van der Waals surface area contributed by atoms with Crippen molar-refractivity contribution in [2.75, 3.05) is 19.6 Å². The van der Waals surface area contributed by atoms with Gasteiger partial charge < -0.3 is 5.32 Å². The molecule has 1 saturated heterocycles. The van der Waals surface area contributed by atoms with E-state index in [4.69, 9.17) is 0 Å². The lowest BCUT2D eigenvalue weighted by atomic mass is 9.84. The van der Waals surface area contributed by atoms with Crippen LogP contribution < -0.4 is 5.32 Å². The van der Waals surface area contributed by atoms with Crippen molar-refractivity contribution in [1.29, 1.82) is 0 Å². The van der Waals surface area contributed by atoms with E-state index in [-0.39, 0.29) is 17.7 Å². The van der Waals surface area contributed by atoms with E-state index in [0.717, 1.165) is 19.0 Å². The summed E-state index contributed by atoms with van der Waals surface area (Å²) >= 11 is 0. The number of amides is 1. The van der Waals surface area contributed by atoms with Gasteiger partial charge in [0, 0.05) is 26.2 Å². The molecule has 2 atom stereocenters. The number of nitrogens with zero attached hydrogens (tertiary/aromatic N) is 1. The standard InChI is InChI=1S/C22H24F2N2O/c1-2-10-25-22(27)19-12-18(17-6-4-3-5-7-17)14-26(15-19)13-16-8-9-20(23)21(24)11-16/h2-9,11,18-19H,1,10,12-15H2,(H,25,27)/t18-,19-/m1/s1. The lowest BCUT2D eigenvalue weighted by Gasteiger charge is -2.37. The monoisotopic (exact) mass is 370 g/mol. The first kappa shape index (κ1) is 19.2. The zero-order chi connectivity index (χ0) is 19.2. The maximum Gasteiger partial charge on any atom is 0.224 e. The van der Waals surface area contributed by atoms with Gasteiger partial charge in [0.15, 0.2) is 11.6 Å². The second-order valence-electron chi connectivity index (χ2n) is 7.02. The summed E-state index contributed by atoms with van der Waals surface area (Å²) in [6, 6.07) is 14.1. The van der Waals surface area contributed by atoms with Crippen molar-refractivity contribution < 1.29 is 13.6 Å². The third kappa shape index (κ3) is 5.01. The van der Waals surface area contributed by atoms with Crippen molar-refractivity contribution in [2.45, 2.75) is 18.9 Å². The SMILES string of the molecule is C=CCNC(=O)[C@@H]1C[C@@H](c2ccccc2)CN(Cc2ccc(F)c(F)c2)C1. The molecule has 0 aromatic heterocycles. The zero-order valence-corrected chi connectivity index (χ0v) is 15.2. The fourth-order valence-corrected chi connectivity index (χ4v) is 3.69. The van der Waals surface area contributed by atoms with Gasteiger partial charge in [-0.2, -0.15) is 0 Å². The van der Waals surface area contributed by atoms with Crippen molar-refractivity contribution in [2.24, 2.45) is 5.92 Å². The lowest BCUT2D eigenvalue weighted by molar-refractivity contribution is -0.126. The predicted molar refractivity (Wildman–Crippen MR) is 102 cm³/mol. The minimum Gasteiger partial charge on any atom is -0.352 e. The summed E-state index contributed by atoms with van der Waals surface area (Å²) in [7, 11) is 0. The number of likely N-dealkylation sites (tertiary alicyclic amines) is 1. The average Bonchev–Trinajstić information content (AvgIpc) is 2.69. The summed E-state index contributed by atoms with van der Waals surface area (Å²) in [6.07, 6.45) is 2.43. The van der Waals surface area contributed by atoms with Gasteiger partial charge in [-0.3, -0.25) is 9.69 Å². The summed E-state index contributed by atoms with van der Waals surface area (Å²) in [5, 5.41) is 2.88. The highest BCUT2D eigenvalue weighted by Crippen LogP contribution is 2.31. The van der Waals surface area contributed by atoms with E-state index in [1.54, 1.807) is 12.1 Å². The minimum atomic E-state index is -0.846. The average molecular weight is 370 g/mol. The Kier molecular flexibility index (Phi) is 6.35. The Morgan fingerprint density at radius 1 is 1.15 bits per heavy atom. The zero-order valence-electron chi connectivity index (χ0n) is 15.2. The molecule has 0 unspecified atom stereocenters. The van der Waals surface area contributed by atoms with E-state index in [1.807, 2.05) is 18.2 Å². The van der Waals surface area contributed by atoms with Crippen molar-refractivity contribution in [3.8, 4) is 0 Å². The highest BCUT2D eigenvalue weighted by atomic mass is 19.2. The molecule has 3 rings (SSSR count). The van der Waals surface area contributed by atoms with E-state index in [9.17, 15) is 13.6 Å². The van der Waals surface area contributed by atoms with Crippen molar-refractivity contribution in [3.05, 3.63) is 83.9 Å². The van der Waals surface area contributed by atoms with Crippen LogP contribution in [0.15, 0.2) is 61.2 Å². The first-order valence-corrected chi connectivity index (χ1v) is 9.16. The Hall–Kier alpha value is -2.53. The molecule has 0 aliphatic carbocycles. The number of nitrogens with one attached hydrogen (secondary N) is 1. The third-order valence-electron chi connectivity index (χ3n) is 4.98. The smallest absolute Gasteiger partial charge is 0.224 e. The van der Waals surface area contributed by atoms with Crippen LogP contribution >= 0.6 is 0 Å². The molecule has 1 N–H and O–H groups in total. The molecule has 27 heavy (non-hydrogen) atoms. The molecule has 1 fully saturated rings. The highest BCUT2D eigenvalue weighted by molar-refractivity contribution is 5.79. The van der Waals surface area contributed by atoms with Gasteiger partial charge in [0.2, 0.25) is 5.91 Å². The second-order valence-corrected chi connectivity index (χ2v) is 7.02. The summed E-state index contributed by atoms with van der Waals surface area (Å²) in [6.45, 7) is 5.91.